The first-order valence-corrected chi connectivity index (χ1v) is 11.2. The highest BCUT2D eigenvalue weighted by Gasteiger charge is 2.23. The quantitative estimate of drug-likeness (QED) is 0.472. The maximum atomic E-state index is 12.9. The molecule has 0 saturated heterocycles. The summed E-state index contributed by atoms with van der Waals surface area (Å²) >= 11 is 0. The molecule has 0 aliphatic heterocycles. The third kappa shape index (κ3) is 6.84. The molecule has 2 aliphatic rings. The number of rotatable bonds is 5. The number of halogens is 1. The van der Waals surface area contributed by atoms with E-state index in [1.165, 1.54) is 82.8 Å². The van der Waals surface area contributed by atoms with Gasteiger partial charge < -0.3 is 0 Å². The summed E-state index contributed by atoms with van der Waals surface area (Å²) in [7, 11) is 0. The zero-order chi connectivity index (χ0) is 18.9. The van der Waals surface area contributed by atoms with Crippen molar-refractivity contribution in [2.24, 2.45) is 23.7 Å². The predicted octanol–water partition coefficient (Wildman–Crippen LogP) is 7.54. The summed E-state index contributed by atoms with van der Waals surface area (Å²) in [4.78, 5) is 0. The van der Waals surface area contributed by atoms with Crippen LogP contribution in [0.25, 0.3) is 0 Å². The summed E-state index contributed by atoms with van der Waals surface area (Å²) in [5, 5.41) is 0. The Morgan fingerprint density at radius 3 is 2.00 bits per heavy atom. The van der Waals surface area contributed by atoms with Crippen LogP contribution in [0.3, 0.4) is 0 Å². The molecule has 0 aromatic heterocycles. The largest absolute Gasteiger partial charge is 0.207 e. The second-order valence-electron chi connectivity index (χ2n) is 8.79. The highest BCUT2D eigenvalue weighted by molar-refractivity contribution is 5.36. The van der Waals surface area contributed by atoms with Gasteiger partial charge in [0.1, 0.15) is 5.82 Å². The van der Waals surface area contributed by atoms with E-state index in [1.807, 2.05) is 6.08 Å². The van der Waals surface area contributed by atoms with Gasteiger partial charge in [-0.1, -0.05) is 69.8 Å². The summed E-state index contributed by atoms with van der Waals surface area (Å²) in [6.07, 6.45) is 20.0. The molecule has 1 aromatic rings. The molecule has 0 heterocycles. The summed E-state index contributed by atoms with van der Waals surface area (Å²) < 4.78 is 12.9. The Kier molecular flexibility index (Phi) is 8.00. The van der Waals surface area contributed by atoms with Crippen LogP contribution in [-0.4, -0.2) is 0 Å². The highest BCUT2D eigenvalue weighted by atomic mass is 19.1. The van der Waals surface area contributed by atoms with Crippen molar-refractivity contribution in [3.63, 3.8) is 0 Å². The molecule has 0 radical (unpaired) electrons. The lowest BCUT2D eigenvalue weighted by atomic mass is 9.75. The van der Waals surface area contributed by atoms with Crippen molar-refractivity contribution in [3.05, 3.63) is 47.8 Å². The summed E-state index contributed by atoms with van der Waals surface area (Å²) in [6, 6.07) is 6.39. The first-order valence-electron chi connectivity index (χ1n) is 11.2. The van der Waals surface area contributed by atoms with Crippen LogP contribution >= 0.6 is 0 Å². The molecule has 2 saturated carbocycles. The van der Waals surface area contributed by atoms with Gasteiger partial charge in [0, 0.05) is 5.56 Å². The molecule has 2 aliphatic carbocycles. The Morgan fingerprint density at radius 1 is 0.852 bits per heavy atom. The van der Waals surface area contributed by atoms with Crippen LogP contribution in [0.5, 0.6) is 0 Å². The van der Waals surface area contributed by atoms with E-state index >= 15 is 0 Å². The van der Waals surface area contributed by atoms with Crippen molar-refractivity contribution >= 4 is 0 Å². The van der Waals surface area contributed by atoms with Crippen LogP contribution in [-0.2, 0) is 0 Å². The molecular weight excluding hydrogens is 331 g/mol. The molecule has 146 valence electrons. The van der Waals surface area contributed by atoms with Crippen molar-refractivity contribution in [1.82, 2.24) is 0 Å². The van der Waals surface area contributed by atoms with E-state index in [0.29, 0.717) is 5.92 Å². The topological polar surface area (TPSA) is 0 Å². The van der Waals surface area contributed by atoms with E-state index in [4.69, 9.17) is 0 Å². The lowest BCUT2D eigenvalue weighted by molar-refractivity contribution is 0.224. The lowest BCUT2D eigenvalue weighted by Crippen LogP contribution is -2.17. The zero-order valence-electron chi connectivity index (χ0n) is 16.9. The molecule has 1 heteroatoms. The minimum Gasteiger partial charge on any atom is -0.207 e. The van der Waals surface area contributed by atoms with Gasteiger partial charge in [0.05, 0.1) is 0 Å². The Balaban J connectivity index is 1.32. The molecule has 0 unspecified atom stereocenters. The minimum atomic E-state index is -0.207. The molecule has 0 bridgehead atoms. The Morgan fingerprint density at radius 2 is 1.41 bits per heavy atom. The first-order chi connectivity index (χ1) is 13.2. The van der Waals surface area contributed by atoms with Gasteiger partial charge in [-0.15, -0.1) is 0 Å². The fourth-order valence-corrected chi connectivity index (χ4v) is 4.91. The molecule has 2 fully saturated rings. The molecule has 1 aromatic carbocycles. The van der Waals surface area contributed by atoms with Crippen molar-refractivity contribution < 1.29 is 4.39 Å². The highest BCUT2D eigenvalue weighted by Crippen LogP contribution is 2.37. The standard InChI is InChI=1S/C26H35F/c1-2-21-7-9-24(10-8-21)15-16-25-13-11-22(12-14-25)5-3-4-6-23-17-19-26(27)20-18-23/h3,5,17-22,24-25H,2,7-16H2,1H3. The van der Waals surface area contributed by atoms with E-state index in [-0.39, 0.29) is 5.82 Å². The van der Waals surface area contributed by atoms with E-state index in [2.05, 4.69) is 24.8 Å². The number of hydrogen-bond donors (Lipinski definition) is 0. The maximum Gasteiger partial charge on any atom is 0.123 e. The maximum absolute atomic E-state index is 12.9. The van der Waals surface area contributed by atoms with Crippen LogP contribution in [0.4, 0.5) is 4.39 Å². The fourth-order valence-electron chi connectivity index (χ4n) is 4.91. The van der Waals surface area contributed by atoms with Crippen molar-refractivity contribution in [2.75, 3.05) is 0 Å². The molecule has 0 nitrogen and oxygen atoms in total. The molecule has 0 N–H and O–H groups in total. The van der Waals surface area contributed by atoms with E-state index < -0.39 is 0 Å². The second-order valence-corrected chi connectivity index (χ2v) is 8.79. The average molecular weight is 367 g/mol. The van der Waals surface area contributed by atoms with Crippen LogP contribution in [0.2, 0.25) is 0 Å². The minimum absolute atomic E-state index is 0.207. The first kappa shape index (κ1) is 20.2. The summed E-state index contributed by atoms with van der Waals surface area (Å²) in [5.74, 6) is 9.68. The van der Waals surface area contributed by atoms with Crippen LogP contribution in [0.15, 0.2) is 36.4 Å². The molecule has 0 atom stereocenters. The monoisotopic (exact) mass is 366 g/mol. The van der Waals surface area contributed by atoms with Gasteiger partial charge >= 0.3 is 0 Å². The lowest BCUT2D eigenvalue weighted by Gasteiger charge is -2.31. The Bertz CT molecular complexity index is 629. The van der Waals surface area contributed by atoms with Gasteiger partial charge in [-0.05, 0) is 79.7 Å². The van der Waals surface area contributed by atoms with Crippen LogP contribution < -0.4 is 0 Å². The Hall–Kier alpha value is -1.55. The van der Waals surface area contributed by atoms with Gasteiger partial charge in [-0.3, -0.25) is 0 Å². The molecular formula is C26H35F. The molecule has 27 heavy (non-hydrogen) atoms. The van der Waals surface area contributed by atoms with Crippen molar-refractivity contribution in [3.8, 4) is 11.8 Å². The van der Waals surface area contributed by atoms with Gasteiger partial charge in [-0.2, -0.15) is 0 Å². The third-order valence-corrected chi connectivity index (χ3v) is 6.93. The normalized spacial score (nSPS) is 28.7. The van der Waals surface area contributed by atoms with Gasteiger partial charge in [-0.25, -0.2) is 4.39 Å². The third-order valence-electron chi connectivity index (χ3n) is 6.93. The van der Waals surface area contributed by atoms with Gasteiger partial charge in [0.25, 0.3) is 0 Å². The summed E-state index contributed by atoms with van der Waals surface area (Å²) in [5.41, 5.74) is 0.873. The average Bonchev–Trinajstić information content (AvgIpc) is 2.72. The van der Waals surface area contributed by atoms with E-state index in [9.17, 15) is 4.39 Å². The van der Waals surface area contributed by atoms with Gasteiger partial charge in [0.2, 0.25) is 0 Å². The predicted molar refractivity (Wildman–Crippen MR) is 113 cm³/mol. The number of allylic oxidation sites excluding steroid dienone is 2. The molecule has 0 amide bonds. The van der Waals surface area contributed by atoms with Gasteiger partial charge in [0.15, 0.2) is 0 Å². The number of benzene rings is 1. The van der Waals surface area contributed by atoms with Crippen LogP contribution in [0, 0.1) is 41.3 Å². The zero-order valence-corrected chi connectivity index (χ0v) is 16.9. The molecule has 3 rings (SSSR count). The number of hydrogen-bond acceptors (Lipinski definition) is 0. The van der Waals surface area contributed by atoms with Crippen molar-refractivity contribution in [2.45, 2.75) is 77.6 Å². The fraction of sp³-hybridized carbons (Fsp3) is 0.615. The van der Waals surface area contributed by atoms with E-state index in [1.54, 1.807) is 12.1 Å². The summed E-state index contributed by atoms with van der Waals surface area (Å²) in [6.45, 7) is 2.35. The smallest absolute Gasteiger partial charge is 0.123 e. The van der Waals surface area contributed by atoms with Crippen molar-refractivity contribution in [1.29, 1.82) is 0 Å². The Labute approximate surface area is 165 Å². The SMILES string of the molecule is CCC1CCC(CCC2CCC(C=CC#Cc3ccc(F)cc3)CC2)CC1. The molecule has 0 spiro atoms. The van der Waals surface area contributed by atoms with E-state index in [0.717, 1.165) is 23.3 Å². The second kappa shape index (κ2) is 10.7. The van der Waals surface area contributed by atoms with Crippen LogP contribution in [0.1, 0.15) is 83.1 Å².